The molecule has 0 aromatic heterocycles. The second-order valence-electron chi connectivity index (χ2n) is 12.8. The van der Waals surface area contributed by atoms with Gasteiger partial charge >= 0.3 is 11.9 Å². The van der Waals surface area contributed by atoms with Crippen LogP contribution in [0.3, 0.4) is 0 Å². The molecule has 41 heavy (non-hydrogen) atoms. The Morgan fingerprint density at radius 3 is 2.17 bits per heavy atom. The van der Waals surface area contributed by atoms with Crippen LogP contribution in [0.1, 0.15) is 142 Å². The molecule has 0 saturated carbocycles. The fourth-order valence-corrected chi connectivity index (χ4v) is 5.26. The molecule has 1 aliphatic rings. The summed E-state index contributed by atoms with van der Waals surface area (Å²) in [6.45, 7) is 24.6. The topological polar surface area (TPSA) is 71.1 Å². The first-order chi connectivity index (χ1) is 19.2. The molecule has 0 aliphatic carbocycles. The predicted molar refractivity (Wildman–Crippen MR) is 168 cm³/mol. The van der Waals surface area contributed by atoms with Gasteiger partial charge in [-0.25, -0.2) is 0 Å². The molecular weight excluding hydrogens is 516 g/mol. The number of ether oxygens (including phenoxy) is 4. The van der Waals surface area contributed by atoms with E-state index in [0.29, 0.717) is 12.4 Å². The van der Waals surface area contributed by atoms with E-state index >= 15 is 0 Å². The molecule has 1 heterocycles. The highest BCUT2D eigenvalue weighted by molar-refractivity contribution is 5.80. The number of carbonyl (C=O) groups is 2. The Hall–Kier alpha value is -2.08. The van der Waals surface area contributed by atoms with Crippen LogP contribution in [0.25, 0.3) is 0 Å². The monoisotopic (exact) mass is 576 g/mol. The summed E-state index contributed by atoms with van der Waals surface area (Å²) < 4.78 is 23.6. The lowest BCUT2D eigenvalue weighted by molar-refractivity contribution is -0.164. The van der Waals surface area contributed by atoms with Gasteiger partial charge in [0.25, 0.3) is 0 Å². The molecule has 0 amide bonds. The summed E-state index contributed by atoms with van der Waals surface area (Å²) in [6, 6.07) is 0. The molecule has 0 radical (unpaired) electrons. The van der Waals surface area contributed by atoms with E-state index < -0.39 is 17.5 Å². The van der Waals surface area contributed by atoms with Crippen molar-refractivity contribution in [1.29, 1.82) is 0 Å². The summed E-state index contributed by atoms with van der Waals surface area (Å²) in [4.78, 5) is 25.1. The first-order valence-corrected chi connectivity index (χ1v) is 16.0. The number of rotatable bonds is 15. The third kappa shape index (κ3) is 12.0. The Labute approximate surface area is 251 Å². The van der Waals surface area contributed by atoms with Crippen molar-refractivity contribution in [2.75, 3.05) is 6.61 Å². The molecule has 6 heteroatoms. The van der Waals surface area contributed by atoms with Gasteiger partial charge in [-0.2, -0.15) is 0 Å². The highest BCUT2D eigenvalue weighted by Crippen LogP contribution is 2.45. The average Bonchev–Trinajstić information content (AvgIpc) is 2.91. The van der Waals surface area contributed by atoms with E-state index in [1.54, 1.807) is 13.8 Å². The van der Waals surface area contributed by atoms with E-state index in [1.807, 2.05) is 48.5 Å². The number of fused-ring (bicyclic) bond motifs is 1. The molecule has 0 fully saturated rings. The Morgan fingerprint density at radius 2 is 1.56 bits per heavy atom. The molecule has 0 N–H and O–H groups in total. The first-order valence-electron chi connectivity index (χ1n) is 16.0. The van der Waals surface area contributed by atoms with E-state index in [1.165, 1.54) is 32.1 Å². The molecule has 2 atom stereocenters. The van der Waals surface area contributed by atoms with Crippen molar-refractivity contribution in [3.8, 4) is 11.5 Å². The summed E-state index contributed by atoms with van der Waals surface area (Å²) >= 11 is 0. The van der Waals surface area contributed by atoms with E-state index in [0.717, 1.165) is 53.2 Å². The third-order valence-corrected chi connectivity index (χ3v) is 7.92. The van der Waals surface area contributed by atoms with E-state index in [2.05, 4.69) is 20.8 Å². The predicted octanol–water partition coefficient (Wildman–Crippen LogP) is 9.15. The number of hydrogen-bond acceptors (Lipinski definition) is 6. The summed E-state index contributed by atoms with van der Waals surface area (Å²) in [6.07, 6.45) is 9.16. The molecule has 1 aliphatic heterocycles. The van der Waals surface area contributed by atoms with Crippen molar-refractivity contribution in [3.05, 3.63) is 22.3 Å². The van der Waals surface area contributed by atoms with Crippen LogP contribution in [0, 0.1) is 26.7 Å². The Balaban J connectivity index is 0.00000411. The van der Waals surface area contributed by atoms with E-state index in [-0.39, 0.29) is 24.5 Å². The van der Waals surface area contributed by atoms with Gasteiger partial charge in [-0.3, -0.25) is 9.59 Å². The quantitative estimate of drug-likeness (QED) is 0.153. The van der Waals surface area contributed by atoms with Crippen LogP contribution in [-0.2, 0) is 25.5 Å². The third-order valence-electron chi connectivity index (χ3n) is 7.92. The van der Waals surface area contributed by atoms with Crippen LogP contribution in [0.2, 0.25) is 0 Å². The minimum atomic E-state index is -0.754. The largest absolute Gasteiger partial charge is 0.487 e. The van der Waals surface area contributed by atoms with Gasteiger partial charge in [0.1, 0.15) is 22.7 Å². The van der Waals surface area contributed by atoms with Gasteiger partial charge in [-0.15, -0.1) is 0 Å². The van der Waals surface area contributed by atoms with Gasteiger partial charge in [0.2, 0.25) is 0 Å². The Bertz CT molecular complexity index is 980. The Kier molecular flexibility index (Phi) is 15.4. The van der Waals surface area contributed by atoms with Gasteiger partial charge < -0.3 is 18.9 Å². The fraction of sp³-hybridized carbons (Fsp3) is 0.771. The second-order valence-corrected chi connectivity index (χ2v) is 12.8. The van der Waals surface area contributed by atoms with Crippen LogP contribution >= 0.6 is 0 Å². The molecule has 2 unspecified atom stereocenters. The first kappa shape index (κ1) is 36.9. The zero-order valence-electron chi connectivity index (χ0n) is 28.4. The van der Waals surface area contributed by atoms with Crippen LogP contribution in [0.5, 0.6) is 11.5 Å². The van der Waals surface area contributed by atoms with Crippen LogP contribution in [-0.4, -0.2) is 35.9 Å². The number of benzene rings is 1. The zero-order valence-corrected chi connectivity index (χ0v) is 28.4. The van der Waals surface area contributed by atoms with Gasteiger partial charge in [0, 0.05) is 5.56 Å². The van der Waals surface area contributed by atoms with Crippen LogP contribution < -0.4 is 9.47 Å². The minimum Gasteiger partial charge on any atom is -0.487 e. The van der Waals surface area contributed by atoms with Gasteiger partial charge in [-0.05, 0) is 104 Å². The maximum atomic E-state index is 12.7. The van der Waals surface area contributed by atoms with E-state index in [4.69, 9.17) is 18.9 Å². The molecule has 0 saturated heterocycles. The summed E-state index contributed by atoms with van der Waals surface area (Å²) in [5, 5.41) is 0. The SMILES string of the molecule is CC.CCCCC(C)CCCC1(C)CCc2c(C)c(OC(=O)CCC(=O)OC(C)(C)COC(C)C)c(C)c(C)c2O1. The standard InChI is InChI=1S/C33H54O6.C2H6/c1-11-12-14-23(4)15-13-19-33(10)20-18-27-26(7)30(24(5)25(6)31(27)39-33)37-28(34)16-17-29(35)38-32(8,9)21-36-22(2)3;1-2/h22-23H,11-21H2,1-10H3;1-2H3. The normalized spacial score (nSPS) is 17.2. The lowest BCUT2D eigenvalue weighted by atomic mass is 9.84. The molecular formula is C35H60O6. The van der Waals surface area contributed by atoms with Crippen LogP contribution in [0.4, 0.5) is 0 Å². The maximum Gasteiger partial charge on any atom is 0.311 e. The van der Waals surface area contributed by atoms with Crippen molar-refractivity contribution in [3.63, 3.8) is 0 Å². The molecule has 0 bridgehead atoms. The minimum absolute atomic E-state index is 0.0372. The second kappa shape index (κ2) is 17.1. The molecule has 2 rings (SSSR count). The molecule has 6 nitrogen and oxygen atoms in total. The highest BCUT2D eigenvalue weighted by atomic mass is 16.6. The van der Waals surface area contributed by atoms with E-state index in [9.17, 15) is 9.59 Å². The van der Waals surface area contributed by atoms with Crippen molar-refractivity contribution < 1.29 is 28.5 Å². The smallest absolute Gasteiger partial charge is 0.311 e. The molecule has 1 aromatic rings. The number of esters is 2. The zero-order chi connectivity index (χ0) is 31.4. The van der Waals surface area contributed by atoms with Gasteiger partial charge in [0.15, 0.2) is 0 Å². The van der Waals surface area contributed by atoms with Crippen molar-refractivity contribution >= 4 is 11.9 Å². The molecule has 0 spiro atoms. The Morgan fingerprint density at radius 1 is 0.951 bits per heavy atom. The summed E-state index contributed by atoms with van der Waals surface area (Å²) in [5.74, 6) is 1.43. The number of unbranched alkanes of at least 4 members (excludes halogenated alkanes) is 1. The lowest BCUT2D eigenvalue weighted by Crippen LogP contribution is -2.37. The van der Waals surface area contributed by atoms with Crippen LogP contribution in [0.15, 0.2) is 0 Å². The van der Waals surface area contributed by atoms with Gasteiger partial charge in [-0.1, -0.05) is 53.4 Å². The highest BCUT2D eigenvalue weighted by Gasteiger charge is 2.35. The van der Waals surface area contributed by atoms with Crippen molar-refractivity contribution in [2.24, 2.45) is 5.92 Å². The maximum absolute atomic E-state index is 12.7. The fourth-order valence-electron chi connectivity index (χ4n) is 5.26. The lowest BCUT2D eigenvalue weighted by Gasteiger charge is -2.38. The number of hydrogen-bond donors (Lipinski definition) is 0. The summed E-state index contributed by atoms with van der Waals surface area (Å²) in [5.41, 5.74) is 3.08. The van der Waals surface area contributed by atoms with Crippen molar-refractivity contribution in [2.45, 2.75) is 165 Å². The summed E-state index contributed by atoms with van der Waals surface area (Å²) in [7, 11) is 0. The molecule has 236 valence electrons. The number of carbonyl (C=O) groups excluding carboxylic acids is 2. The average molecular weight is 577 g/mol. The van der Waals surface area contributed by atoms with Gasteiger partial charge in [0.05, 0.1) is 25.6 Å². The molecule has 1 aromatic carbocycles. The van der Waals surface area contributed by atoms with Crippen molar-refractivity contribution in [1.82, 2.24) is 0 Å².